The van der Waals surface area contributed by atoms with E-state index in [1.165, 1.54) is 19.9 Å². The number of aliphatic hydroxyl groups excluding tert-OH is 1. The van der Waals surface area contributed by atoms with Crippen LogP contribution in [0.3, 0.4) is 0 Å². The second kappa shape index (κ2) is 29.6. The van der Waals surface area contributed by atoms with Crippen molar-refractivity contribution in [1.29, 1.82) is 0 Å². The molecule has 0 fully saturated rings. The number of fused-ring (bicyclic) bond motifs is 24. The molecule has 0 saturated heterocycles. The van der Waals surface area contributed by atoms with Gasteiger partial charge < -0.3 is 5.11 Å². The molecule has 16 aromatic rings. The summed E-state index contributed by atoms with van der Waals surface area (Å²) in [6.07, 6.45) is 1.17. The number of carbonyl (C=O) groups is 1. The molecule has 16 aromatic carbocycles. The standard InChI is InChI=1S/C26H16N2O2S.C26H15N2O2S.C14H6Br2N2O2S.C14H8N2O2S.C5H8O2.Pt/c2*29-31(30)27-25-23-15-19(17-7-3-1-4-8-17)11-13-21(23)22-14-12-20(16-24(22)26(25)28-31)18-9-5-2-6-10-18;15-7-1-3-9-10-4-2-8(16)6-12(10)14-13(11(9)5-7)17-21(19,20)18-14;17-19(18)15-13-11-7-3-1-5-9(11)10-6-2-4-8-12(10)14(13)16-19;1-4(6)3-5(2)7;/h1-16H;1-15H;1-6H;1-8H;3,6H,1-2H3;/q;-1;;;;. The van der Waals surface area contributed by atoms with Crippen LogP contribution in [0.1, 0.15) is 13.8 Å². The number of benzene rings is 16. The number of rotatable bonds is 5. The molecule has 0 unspecified atom stereocenters. The monoisotopic (exact) mass is 1830 g/mol. The van der Waals surface area contributed by atoms with E-state index in [1.807, 2.05) is 255 Å². The van der Waals surface area contributed by atoms with Crippen LogP contribution >= 0.6 is 31.9 Å². The largest absolute Gasteiger partial charge is 0.512 e. The van der Waals surface area contributed by atoms with E-state index < -0.39 is 40.8 Å². The number of hydrogen-bond donors (Lipinski definition) is 1. The zero-order valence-corrected chi connectivity index (χ0v) is 66.2. The maximum atomic E-state index is 12.4. The van der Waals surface area contributed by atoms with E-state index in [0.29, 0.717) is 48.2 Å². The fourth-order valence-electron chi connectivity index (χ4n) is 13.8. The van der Waals surface area contributed by atoms with Crippen molar-refractivity contribution in [1.82, 2.24) is 0 Å². The quantitative estimate of drug-likeness (QED) is 0.0736. The van der Waals surface area contributed by atoms with Gasteiger partial charge in [0.15, 0.2) is 5.78 Å². The van der Waals surface area contributed by atoms with Gasteiger partial charge >= 0.3 is 40.8 Å². The molecule has 25 heteroatoms. The van der Waals surface area contributed by atoms with Crippen LogP contribution < -0.4 is 42.9 Å². The first-order valence-corrected chi connectivity index (χ1v) is 40.8. The molecule has 18 nitrogen and oxygen atoms in total. The topological polar surface area (TPSA) is 273 Å². The summed E-state index contributed by atoms with van der Waals surface area (Å²) >= 11 is 6.83. The average molecular weight is 1830 g/mol. The van der Waals surface area contributed by atoms with Crippen LogP contribution in [0.25, 0.3) is 131 Å². The molecule has 0 radical (unpaired) electrons. The van der Waals surface area contributed by atoms with Crippen molar-refractivity contribution in [2.75, 3.05) is 0 Å². The molecule has 20 rings (SSSR count). The summed E-state index contributed by atoms with van der Waals surface area (Å²) in [6.45, 7) is 2.85. The summed E-state index contributed by atoms with van der Waals surface area (Å²) in [7, 11) is -15.3. The molecule has 0 saturated carbocycles. The van der Waals surface area contributed by atoms with Crippen molar-refractivity contribution < 1.29 is 64.6 Å². The molecule has 4 aliphatic heterocycles. The third-order valence-electron chi connectivity index (χ3n) is 18.4. The second-order valence-corrected chi connectivity index (χ2v) is 32.5. The first-order chi connectivity index (χ1) is 52.4. The van der Waals surface area contributed by atoms with Gasteiger partial charge in [-0.1, -0.05) is 267 Å². The van der Waals surface area contributed by atoms with Crippen molar-refractivity contribution in [3.8, 4) is 44.5 Å². The van der Waals surface area contributed by atoms with Crippen molar-refractivity contribution >= 4 is 165 Å². The van der Waals surface area contributed by atoms with Gasteiger partial charge in [0.2, 0.25) is 0 Å². The number of hydrogen-bond acceptors (Lipinski definition) is 10. The molecule has 0 atom stereocenters. The Bertz CT molecular complexity index is 7080. The van der Waals surface area contributed by atoms with Gasteiger partial charge in [-0.05, 0) is 133 Å². The summed E-state index contributed by atoms with van der Waals surface area (Å²) in [5.41, 5.74) is 8.10. The minimum Gasteiger partial charge on any atom is -0.512 e. The normalized spacial score (nSPS) is 14.5. The van der Waals surface area contributed by atoms with Crippen LogP contribution in [0.5, 0.6) is 0 Å². The van der Waals surface area contributed by atoms with Crippen LogP contribution in [-0.4, -0.2) is 44.6 Å². The van der Waals surface area contributed by atoms with Crippen molar-refractivity contribution in [3.63, 3.8) is 0 Å². The zero-order valence-electron chi connectivity index (χ0n) is 57.5. The maximum Gasteiger partial charge on any atom is 0.364 e. The minimum atomic E-state index is -3.91. The smallest absolute Gasteiger partial charge is 0.364 e. The fourth-order valence-corrected chi connectivity index (χ4v) is 18.0. The first-order valence-electron chi connectivity index (χ1n) is 33.6. The van der Waals surface area contributed by atoms with Crippen LogP contribution in [0.15, 0.2) is 329 Å². The van der Waals surface area contributed by atoms with E-state index in [0.717, 1.165) is 134 Å². The Hall–Kier alpha value is -11.3. The van der Waals surface area contributed by atoms with E-state index in [-0.39, 0.29) is 32.6 Å². The van der Waals surface area contributed by atoms with Gasteiger partial charge in [0.1, 0.15) is 32.1 Å². The third kappa shape index (κ3) is 14.8. The second-order valence-electron chi connectivity index (χ2n) is 25.6. The van der Waals surface area contributed by atoms with E-state index in [9.17, 15) is 38.5 Å². The predicted molar refractivity (Wildman–Crippen MR) is 434 cm³/mol. The van der Waals surface area contributed by atoms with Crippen molar-refractivity contribution in [2.45, 2.75) is 13.8 Å². The molecule has 110 heavy (non-hydrogen) atoms. The van der Waals surface area contributed by atoms with E-state index in [2.05, 4.69) is 91.3 Å². The molecule has 4 aliphatic rings. The van der Waals surface area contributed by atoms with Crippen LogP contribution in [0.2, 0.25) is 0 Å². The molecular weight excluding hydrogens is 1780 g/mol. The van der Waals surface area contributed by atoms with Gasteiger partial charge in [-0.2, -0.15) is 38.1 Å². The number of nitrogens with zero attached hydrogens (tertiary/aromatic N) is 8. The first kappa shape index (κ1) is 74.1. The van der Waals surface area contributed by atoms with Gasteiger partial charge in [-0.25, -0.2) is 0 Å². The average Bonchev–Trinajstić information content (AvgIpc) is 1.53. The molecule has 0 spiro atoms. The summed E-state index contributed by atoms with van der Waals surface area (Å²) < 4.78 is 129. The Balaban J connectivity index is 0.000000115. The van der Waals surface area contributed by atoms with Crippen LogP contribution in [0, 0.1) is 6.07 Å². The number of allylic oxidation sites excluding steroid dienone is 2. The third-order valence-corrected chi connectivity index (χ3v) is 22.7. The Labute approximate surface area is 659 Å². The fraction of sp³-hybridized carbons (Fsp3) is 0.0235. The van der Waals surface area contributed by atoms with Crippen LogP contribution in [0.4, 0.5) is 0 Å². The molecule has 542 valence electrons. The summed E-state index contributed by atoms with van der Waals surface area (Å²) in [5, 5.41) is 25.6. The Morgan fingerprint density at radius 3 is 0.873 bits per heavy atom. The minimum absolute atomic E-state index is 0. The van der Waals surface area contributed by atoms with E-state index >= 15 is 0 Å². The van der Waals surface area contributed by atoms with Crippen molar-refractivity contribution in [3.05, 3.63) is 343 Å². The van der Waals surface area contributed by atoms with Crippen LogP contribution in [-0.2, 0) is 66.7 Å². The Morgan fingerprint density at radius 1 is 0.291 bits per heavy atom. The molecule has 0 amide bonds. The molecule has 1 N–H and O–H groups in total. The molecule has 4 heterocycles. The van der Waals surface area contributed by atoms with E-state index in [4.69, 9.17) is 5.11 Å². The van der Waals surface area contributed by atoms with Gasteiger partial charge in [0.25, 0.3) is 0 Å². The number of carbonyl (C=O) groups excluding carboxylic acids is 1. The van der Waals surface area contributed by atoms with Gasteiger partial charge in [0.05, 0.1) is 11.1 Å². The Morgan fingerprint density at radius 2 is 0.545 bits per heavy atom. The Kier molecular flexibility index (Phi) is 19.9. The van der Waals surface area contributed by atoms with E-state index in [1.54, 1.807) is 0 Å². The number of halogens is 2. The maximum absolute atomic E-state index is 12.4. The summed E-state index contributed by atoms with van der Waals surface area (Å²) in [6, 6.07) is 92.4. The molecule has 0 bridgehead atoms. The molecular formula is C85H53Br2N8O10PtS4-. The predicted octanol–water partition coefficient (Wildman–Crippen LogP) is 15.0. The number of aliphatic hydroxyl groups is 1. The van der Waals surface area contributed by atoms with Crippen molar-refractivity contribution in [2.24, 2.45) is 35.2 Å². The van der Waals surface area contributed by atoms with Gasteiger partial charge in [0, 0.05) is 73.8 Å². The number of ketones is 1. The molecule has 0 aromatic heterocycles. The van der Waals surface area contributed by atoms with Gasteiger partial charge in [-0.15, -0.1) is 54.5 Å². The summed E-state index contributed by atoms with van der Waals surface area (Å²) in [4.78, 5) is 10.0. The SMILES string of the molecule is CC(=O)C=C(C)O.O=S1(=O)N=c2c(c3cc(-c4ccccc4)ccc3c3ccc(-c4ccccc4)[c-]c23)=N1.O=S1(=O)N=c2c(c3cc(-c4ccccc4)ccc3c3ccc(-c4ccccc4)cc23)=N1.O=S1(=O)N=c2c(c3cc(Br)ccc3c3ccc(Br)cc23)=N1.O=S1(=O)N=c2c(c3ccccc3c3ccccc23)=N1.[Pt]. The van der Waals surface area contributed by atoms with Gasteiger partial charge in [-0.3, -0.25) is 4.79 Å². The zero-order chi connectivity index (χ0) is 75.7. The molecule has 0 aliphatic carbocycles. The summed E-state index contributed by atoms with van der Waals surface area (Å²) in [5.74, 6) is -0.0625.